The molecule has 0 spiro atoms. The van der Waals surface area contributed by atoms with Gasteiger partial charge in [0.1, 0.15) is 0 Å². The Kier molecular flexibility index (Phi) is 3.23. The summed E-state index contributed by atoms with van der Waals surface area (Å²) < 4.78 is 0. The Labute approximate surface area is 143 Å². The Morgan fingerprint density at radius 2 is 1.57 bits per heavy atom. The standard InChI is InChI=1S/C21H21ClSi/c1-13-16-11-12-18-17-8-6-5-7-15(17)9-10-19(18)20(16)14(2)21(13)23(3,4)22/h5-13H,1-4H3. The quantitative estimate of drug-likeness (QED) is 0.258. The molecule has 3 aromatic rings. The van der Waals surface area contributed by atoms with Crippen LogP contribution in [-0.4, -0.2) is 7.38 Å². The molecule has 0 nitrogen and oxygen atoms in total. The third-order valence-corrected chi connectivity index (χ3v) is 7.98. The summed E-state index contributed by atoms with van der Waals surface area (Å²) >= 11 is 6.85. The minimum atomic E-state index is -1.84. The van der Waals surface area contributed by atoms with Crippen molar-refractivity contribution in [2.75, 3.05) is 0 Å². The maximum atomic E-state index is 6.85. The highest BCUT2D eigenvalue weighted by Gasteiger charge is 2.36. The van der Waals surface area contributed by atoms with Gasteiger partial charge in [-0.05, 0) is 45.2 Å². The molecule has 1 unspecified atom stereocenters. The van der Waals surface area contributed by atoms with Crippen LogP contribution in [0.1, 0.15) is 30.9 Å². The number of hydrogen-bond acceptors (Lipinski definition) is 0. The van der Waals surface area contributed by atoms with Crippen molar-refractivity contribution in [2.45, 2.75) is 32.9 Å². The average molecular weight is 337 g/mol. The van der Waals surface area contributed by atoms with E-state index in [1.165, 1.54) is 43.4 Å². The molecule has 0 aromatic heterocycles. The molecule has 0 radical (unpaired) electrons. The van der Waals surface area contributed by atoms with Gasteiger partial charge in [0.25, 0.3) is 0 Å². The van der Waals surface area contributed by atoms with Crippen LogP contribution in [0.2, 0.25) is 13.1 Å². The van der Waals surface area contributed by atoms with Crippen LogP contribution in [0.4, 0.5) is 0 Å². The SMILES string of the molecule is CC1=C([Si](C)(C)Cl)C(C)c2ccc3c(ccc4ccccc43)c21. The van der Waals surface area contributed by atoms with Crippen LogP contribution >= 0.6 is 11.1 Å². The van der Waals surface area contributed by atoms with Crippen LogP contribution in [0.3, 0.4) is 0 Å². The number of hydrogen-bond donors (Lipinski definition) is 0. The number of benzene rings is 3. The Bertz CT molecular complexity index is 976. The fraction of sp³-hybridized carbons (Fsp3) is 0.238. The molecule has 3 aromatic carbocycles. The van der Waals surface area contributed by atoms with E-state index in [4.69, 9.17) is 11.1 Å². The van der Waals surface area contributed by atoms with Gasteiger partial charge in [-0.3, -0.25) is 0 Å². The lowest BCUT2D eigenvalue weighted by molar-refractivity contribution is 0.964. The molecule has 0 saturated heterocycles. The molecule has 0 bridgehead atoms. The molecule has 1 aliphatic rings. The molecule has 1 aliphatic carbocycles. The van der Waals surface area contributed by atoms with Gasteiger partial charge in [-0.1, -0.05) is 73.7 Å². The van der Waals surface area contributed by atoms with Gasteiger partial charge in [0.05, 0.1) is 0 Å². The van der Waals surface area contributed by atoms with E-state index in [0.717, 1.165) is 0 Å². The lowest BCUT2D eigenvalue weighted by Gasteiger charge is -2.21. The summed E-state index contributed by atoms with van der Waals surface area (Å²) in [6.07, 6.45) is 0. The second-order valence-electron chi connectivity index (χ2n) is 7.14. The van der Waals surface area contributed by atoms with Gasteiger partial charge in [-0.15, -0.1) is 0 Å². The first-order chi connectivity index (χ1) is 10.9. The maximum Gasteiger partial charge on any atom is 0.177 e. The lowest BCUT2D eigenvalue weighted by atomic mass is 9.92. The lowest BCUT2D eigenvalue weighted by Crippen LogP contribution is -2.23. The van der Waals surface area contributed by atoms with E-state index < -0.39 is 7.38 Å². The molecule has 1 atom stereocenters. The zero-order valence-electron chi connectivity index (χ0n) is 14.1. The van der Waals surface area contributed by atoms with Gasteiger partial charge in [-0.25, -0.2) is 0 Å². The van der Waals surface area contributed by atoms with E-state index in [0.29, 0.717) is 5.92 Å². The second kappa shape index (κ2) is 4.96. The average Bonchev–Trinajstić information content (AvgIpc) is 2.78. The predicted molar refractivity (Wildman–Crippen MR) is 106 cm³/mol. The van der Waals surface area contributed by atoms with Crippen molar-refractivity contribution in [2.24, 2.45) is 0 Å². The summed E-state index contributed by atoms with van der Waals surface area (Å²) in [5.41, 5.74) is 4.29. The summed E-state index contributed by atoms with van der Waals surface area (Å²) in [7, 11) is -1.84. The minimum Gasteiger partial charge on any atom is -0.162 e. The third-order valence-electron chi connectivity index (χ3n) is 5.28. The minimum absolute atomic E-state index is 0.444. The molecule has 0 saturated carbocycles. The molecule has 0 aliphatic heterocycles. The van der Waals surface area contributed by atoms with Gasteiger partial charge in [0, 0.05) is 5.92 Å². The topological polar surface area (TPSA) is 0 Å². The largest absolute Gasteiger partial charge is 0.177 e. The van der Waals surface area contributed by atoms with Crippen LogP contribution in [0.25, 0.3) is 27.1 Å². The molecule has 23 heavy (non-hydrogen) atoms. The Morgan fingerprint density at radius 1 is 0.870 bits per heavy atom. The summed E-state index contributed by atoms with van der Waals surface area (Å²) in [6, 6.07) is 17.8. The fourth-order valence-electron chi connectivity index (χ4n) is 4.46. The van der Waals surface area contributed by atoms with Gasteiger partial charge in [-0.2, -0.15) is 11.1 Å². The Balaban J connectivity index is 2.12. The van der Waals surface area contributed by atoms with Crippen molar-refractivity contribution in [1.29, 1.82) is 0 Å². The highest BCUT2D eigenvalue weighted by molar-refractivity contribution is 7.23. The zero-order chi connectivity index (χ0) is 16.4. The Hall–Kier alpha value is -1.57. The predicted octanol–water partition coefficient (Wildman–Crippen LogP) is 6.87. The number of halogens is 1. The van der Waals surface area contributed by atoms with E-state index in [-0.39, 0.29) is 0 Å². The van der Waals surface area contributed by atoms with Crippen molar-refractivity contribution in [3.8, 4) is 0 Å². The third kappa shape index (κ3) is 2.10. The molecule has 116 valence electrons. The summed E-state index contributed by atoms with van der Waals surface area (Å²) in [4.78, 5) is 0. The van der Waals surface area contributed by atoms with Gasteiger partial charge in [0.15, 0.2) is 7.38 Å². The van der Waals surface area contributed by atoms with E-state index in [1.807, 2.05) is 0 Å². The van der Waals surface area contributed by atoms with Crippen molar-refractivity contribution in [3.05, 3.63) is 64.9 Å². The normalized spacial score (nSPS) is 18.0. The highest BCUT2D eigenvalue weighted by atomic mass is 35.6. The van der Waals surface area contributed by atoms with E-state index in [9.17, 15) is 0 Å². The van der Waals surface area contributed by atoms with Crippen molar-refractivity contribution in [1.82, 2.24) is 0 Å². The van der Waals surface area contributed by atoms with Crippen LogP contribution in [0.15, 0.2) is 53.7 Å². The maximum absolute atomic E-state index is 6.85. The Morgan fingerprint density at radius 3 is 2.30 bits per heavy atom. The molecule has 0 amide bonds. The molecular formula is C21H21ClSi. The van der Waals surface area contributed by atoms with E-state index in [2.05, 4.69) is 75.5 Å². The summed E-state index contributed by atoms with van der Waals surface area (Å²) in [5, 5.41) is 6.86. The smallest absolute Gasteiger partial charge is 0.162 e. The zero-order valence-corrected chi connectivity index (χ0v) is 15.8. The first-order valence-electron chi connectivity index (χ1n) is 8.24. The number of rotatable bonds is 1. The fourth-order valence-corrected chi connectivity index (χ4v) is 7.58. The van der Waals surface area contributed by atoms with Crippen molar-refractivity contribution in [3.63, 3.8) is 0 Å². The van der Waals surface area contributed by atoms with E-state index in [1.54, 1.807) is 0 Å². The molecule has 2 heteroatoms. The molecular weight excluding hydrogens is 316 g/mol. The van der Waals surface area contributed by atoms with Crippen LogP contribution in [0, 0.1) is 0 Å². The van der Waals surface area contributed by atoms with Gasteiger partial charge in [0.2, 0.25) is 0 Å². The molecule has 0 fully saturated rings. The number of allylic oxidation sites excluding steroid dienone is 2. The van der Waals surface area contributed by atoms with Gasteiger partial charge < -0.3 is 0 Å². The first-order valence-corrected chi connectivity index (χ1v) is 12.3. The first kappa shape index (κ1) is 15.0. The number of fused-ring (bicyclic) bond motifs is 5. The van der Waals surface area contributed by atoms with E-state index >= 15 is 0 Å². The van der Waals surface area contributed by atoms with Crippen LogP contribution in [-0.2, 0) is 0 Å². The van der Waals surface area contributed by atoms with Crippen LogP contribution < -0.4 is 0 Å². The van der Waals surface area contributed by atoms with Gasteiger partial charge >= 0.3 is 0 Å². The summed E-state index contributed by atoms with van der Waals surface area (Å²) in [6.45, 7) is 9.07. The molecule has 0 N–H and O–H groups in total. The molecule has 4 rings (SSSR count). The molecule has 0 heterocycles. The van der Waals surface area contributed by atoms with Crippen molar-refractivity contribution >= 4 is 45.6 Å². The monoisotopic (exact) mass is 336 g/mol. The highest BCUT2D eigenvalue weighted by Crippen LogP contribution is 2.49. The van der Waals surface area contributed by atoms with Crippen molar-refractivity contribution < 1.29 is 0 Å². The van der Waals surface area contributed by atoms with Crippen LogP contribution in [0.5, 0.6) is 0 Å². The summed E-state index contributed by atoms with van der Waals surface area (Å²) in [5.74, 6) is 0.444. The second-order valence-corrected chi connectivity index (χ2v) is 13.5.